The van der Waals surface area contributed by atoms with Crippen LogP contribution in [0.4, 0.5) is 0 Å². The average Bonchev–Trinajstić information content (AvgIpc) is 3.07. The van der Waals surface area contributed by atoms with Gasteiger partial charge in [-0.1, -0.05) is 13.8 Å². The minimum absolute atomic E-state index is 0.203. The topological polar surface area (TPSA) is 255 Å². The highest BCUT2D eigenvalue weighted by Crippen LogP contribution is 2.31. The van der Waals surface area contributed by atoms with Crippen molar-refractivity contribution in [2.75, 3.05) is 31.8 Å². The highest BCUT2D eigenvalue weighted by atomic mass is 32.2. The summed E-state index contributed by atoms with van der Waals surface area (Å²) in [5.74, 6) is -7.68. The van der Waals surface area contributed by atoms with E-state index in [9.17, 15) is 43.2 Å². The Morgan fingerprint density at radius 3 is 1.00 bits per heavy atom. The number of esters is 9. The first-order valence-corrected chi connectivity index (χ1v) is 19.6. The second kappa shape index (κ2) is 27.5. The predicted molar refractivity (Wildman–Crippen MR) is 198 cm³/mol. The molecule has 0 aliphatic rings. The van der Waals surface area contributed by atoms with Crippen LogP contribution < -0.4 is 0 Å². The molecule has 0 spiro atoms. The van der Waals surface area contributed by atoms with Crippen molar-refractivity contribution in [2.45, 2.75) is 136 Å². The Morgan fingerprint density at radius 2 is 0.684 bits per heavy atom. The van der Waals surface area contributed by atoms with E-state index in [-0.39, 0.29) is 5.75 Å². The van der Waals surface area contributed by atoms with Gasteiger partial charge in [-0.05, 0) is 11.5 Å². The van der Waals surface area contributed by atoms with Crippen molar-refractivity contribution in [2.24, 2.45) is 0 Å². The van der Waals surface area contributed by atoms with Crippen LogP contribution in [0.15, 0.2) is 0 Å². The van der Waals surface area contributed by atoms with E-state index in [0.29, 0.717) is 5.75 Å². The van der Waals surface area contributed by atoms with Crippen LogP contribution in [0.25, 0.3) is 0 Å². The maximum absolute atomic E-state index is 12.7. The van der Waals surface area contributed by atoms with Gasteiger partial charge in [0.25, 0.3) is 0 Å². The van der Waals surface area contributed by atoms with Gasteiger partial charge in [0.1, 0.15) is 17.5 Å². The van der Waals surface area contributed by atoms with Gasteiger partial charge in [-0.15, -0.1) is 23.5 Å². The highest BCUT2D eigenvalue weighted by Gasteiger charge is 2.50. The largest absolute Gasteiger partial charge is 0.462 e. The van der Waals surface area contributed by atoms with Crippen molar-refractivity contribution >= 4 is 77.2 Å². The molecular weight excluding hydrogens is 804 g/mol. The first-order valence-electron chi connectivity index (χ1n) is 17.5. The van der Waals surface area contributed by atoms with Gasteiger partial charge in [0.05, 0.1) is 6.61 Å². The lowest BCUT2D eigenvalue weighted by atomic mass is 10.0. The molecule has 0 rings (SSSR count). The molecule has 0 amide bonds. The molecule has 20 nitrogen and oxygen atoms in total. The third-order valence-corrected chi connectivity index (χ3v) is 8.97. The lowest BCUT2D eigenvalue weighted by Gasteiger charge is -2.39. The van der Waals surface area contributed by atoms with E-state index in [0.717, 1.165) is 85.8 Å². The van der Waals surface area contributed by atoms with Crippen LogP contribution in [0.2, 0.25) is 0 Å². The number of carbonyl (C=O) groups excluding carboxylic acids is 9. The molecule has 0 aliphatic carbocycles. The van der Waals surface area contributed by atoms with Gasteiger partial charge in [-0.3, -0.25) is 43.2 Å². The number of rotatable bonds is 26. The number of ether oxygens (including phenoxy) is 11. The number of hydrogen-bond donors (Lipinski definition) is 0. The van der Waals surface area contributed by atoms with Crippen molar-refractivity contribution in [3.05, 3.63) is 0 Å². The summed E-state index contributed by atoms with van der Waals surface area (Å²) in [6.07, 6.45) is -13.6. The minimum Gasteiger partial charge on any atom is -0.462 e. The summed E-state index contributed by atoms with van der Waals surface area (Å²) in [5, 5.41) is 0. The molecule has 0 aliphatic heterocycles. The Bertz CT molecular complexity index is 1370. The molecule has 326 valence electrons. The molecule has 57 heavy (non-hydrogen) atoms. The molecule has 0 aromatic heterocycles. The molecule has 0 saturated carbocycles. The summed E-state index contributed by atoms with van der Waals surface area (Å²) < 4.78 is 61.0. The SMILES string of the molecule is CCS[C@@H](OC)[C@H](OC(C)=O)[C@@H](OC(C)=O)[C@@H](OC(C)=O)[C@H](CO[C@H](SCC)[C@H](OC(C)=O)[C@@H](OC(C)=O)[C@@H](OC(C)=O)[C@H](COC(C)=O)OC(C)=O)OC(C)=O. The van der Waals surface area contributed by atoms with Crippen LogP contribution in [-0.2, 0) is 95.3 Å². The van der Waals surface area contributed by atoms with Crippen molar-refractivity contribution in [1.29, 1.82) is 0 Å². The summed E-state index contributed by atoms with van der Waals surface area (Å²) in [6.45, 7) is 11.2. The van der Waals surface area contributed by atoms with Crippen LogP contribution in [0.1, 0.15) is 76.2 Å². The minimum atomic E-state index is -1.84. The number of thioether (sulfide) groups is 2. The molecule has 0 fully saturated rings. The molecule has 0 N–H and O–H groups in total. The van der Waals surface area contributed by atoms with E-state index in [4.69, 9.17) is 52.1 Å². The Hall–Kier alpha value is -4.15. The third-order valence-electron chi connectivity index (χ3n) is 6.78. The van der Waals surface area contributed by atoms with E-state index < -0.39 is 127 Å². The summed E-state index contributed by atoms with van der Waals surface area (Å²) in [4.78, 5) is 112. The Labute approximate surface area is 339 Å². The van der Waals surface area contributed by atoms with Gasteiger partial charge in [0.15, 0.2) is 48.8 Å². The predicted octanol–water partition coefficient (Wildman–Crippen LogP) is 1.82. The quantitative estimate of drug-likeness (QED) is 0.0683. The van der Waals surface area contributed by atoms with Gasteiger partial charge in [0.2, 0.25) is 0 Å². The summed E-state index contributed by atoms with van der Waals surface area (Å²) in [7, 11) is 1.30. The zero-order valence-electron chi connectivity index (χ0n) is 34.1. The lowest BCUT2D eigenvalue weighted by Crippen LogP contribution is -2.57. The Kier molecular flexibility index (Phi) is 25.5. The standard InChI is InChI=1S/C35H54O20S2/c1-13-56-34(45-12)32(54-24(10)43)30(52-22(8)41)29(51-21(7)40)27(49-19(5)38)16-47-35(57-14-2)33(55-25(11)44)31(53-23(9)42)28(50-20(6)39)26(48-18(4)37)15-46-17(3)36/h26-35H,13-16H2,1-12H3/t26-,27-,28-,29-,30-,31-,32+,33+,34+,35+/m0/s1. The Morgan fingerprint density at radius 1 is 0.386 bits per heavy atom. The molecule has 0 saturated heterocycles. The second-order valence-corrected chi connectivity index (χ2v) is 14.5. The van der Waals surface area contributed by atoms with E-state index in [1.807, 2.05) is 0 Å². The molecule has 0 unspecified atom stereocenters. The van der Waals surface area contributed by atoms with Crippen molar-refractivity contribution in [3.8, 4) is 0 Å². The van der Waals surface area contributed by atoms with Gasteiger partial charge < -0.3 is 52.1 Å². The van der Waals surface area contributed by atoms with Gasteiger partial charge in [-0.2, -0.15) is 0 Å². The van der Waals surface area contributed by atoms with Crippen LogP contribution >= 0.6 is 23.5 Å². The van der Waals surface area contributed by atoms with Gasteiger partial charge in [0, 0.05) is 69.4 Å². The normalized spacial score (nSPS) is 16.2. The molecule has 0 radical (unpaired) electrons. The van der Waals surface area contributed by atoms with E-state index in [2.05, 4.69) is 0 Å². The van der Waals surface area contributed by atoms with Gasteiger partial charge in [-0.25, -0.2) is 0 Å². The smallest absolute Gasteiger partial charge is 0.303 e. The number of carbonyl (C=O) groups is 9. The van der Waals surface area contributed by atoms with E-state index in [1.54, 1.807) is 13.8 Å². The number of hydrogen-bond acceptors (Lipinski definition) is 22. The van der Waals surface area contributed by atoms with Crippen molar-refractivity contribution < 1.29 is 95.3 Å². The molecular formula is C35H54O20S2. The average molecular weight is 859 g/mol. The fraction of sp³-hybridized carbons (Fsp3) is 0.743. The van der Waals surface area contributed by atoms with Crippen molar-refractivity contribution in [3.63, 3.8) is 0 Å². The molecule has 0 bridgehead atoms. The molecule has 10 atom stereocenters. The fourth-order valence-electron chi connectivity index (χ4n) is 5.13. The lowest BCUT2D eigenvalue weighted by molar-refractivity contribution is -0.215. The van der Waals surface area contributed by atoms with Crippen LogP contribution in [0, 0.1) is 0 Å². The van der Waals surface area contributed by atoms with Crippen LogP contribution in [0.5, 0.6) is 0 Å². The van der Waals surface area contributed by atoms with Gasteiger partial charge >= 0.3 is 53.7 Å². The summed E-state index contributed by atoms with van der Waals surface area (Å²) in [6, 6.07) is 0. The zero-order chi connectivity index (χ0) is 44.0. The van der Waals surface area contributed by atoms with Crippen LogP contribution in [0.3, 0.4) is 0 Å². The fourth-order valence-corrected chi connectivity index (χ4v) is 6.89. The first-order chi connectivity index (χ1) is 26.6. The molecule has 0 heterocycles. The maximum atomic E-state index is 12.7. The summed E-state index contributed by atoms with van der Waals surface area (Å²) in [5.41, 5.74) is -2.46. The molecule has 0 aromatic carbocycles. The first kappa shape index (κ1) is 52.9. The zero-order valence-corrected chi connectivity index (χ0v) is 35.7. The van der Waals surface area contributed by atoms with E-state index in [1.165, 1.54) is 7.11 Å². The highest BCUT2D eigenvalue weighted by molar-refractivity contribution is 8.00. The Balaban J connectivity index is 7.69. The maximum Gasteiger partial charge on any atom is 0.303 e. The third kappa shape index (κ3) is 21.3. The summed E-state index contributed by atoms with van der Waals surface area (Å²) >= 11 is 2.09. The molecule has 22 heteroatoms. The monoisotopic (exact) mass is 858 g/mol. The van der Waals surface area contributed by atoms with Crippen molar-refractivity contribution in [1.82, 2.24) is 0 Å². The van der Waals surface area contributed by atoms with Crippen LogP contribution in [-0.4, -0.2) is 145 Å². The number of methoxy groups -OCH3 is 1. The molecule has 0 aromatic rings. The van der Waals surface area contributed by atoms with E-state index >= 15 is 0 Å². The second-order valence-electron chi connectivity index (χ2n) is 11.8.